The summed E-state index contributed by atoms with van der Waals surface area (Å²) in [5.41, 5.74) is 0.699. The smallest absolute Gasteiger partial charge is 0.265 e. The maximum atomic E-state index is 12.9. The molecule has 0 radical (unpaired) electrons. The third-order valence-electron chi connectivity index (χ3n) is 3.97. The Morgan fingerprint density at radius 3 is 2.38 bits per heavy atom. The highest BCUT2D eigenvalue weighted by Crippen LogP contribution is 2.31. The Labute approximate surface area is 148 Å². The van der Waals surface area contributed by atoms with Crippen LogP contribution in [0.15, 0.2) is 53.3 Å². The van der Waals surface area contributed by atoms with Gasteiger partial charge >= 0.3 is 0 Å². The molecule has 0 unspecified atom stereocenters. The third-order valence-corrected chi connectivity index (χ3v) is 4.67. The Hall–Kier alpha value is -2.30. The van der Waals surface area contributed by atoms with E-state index < -0.39 is 11.5 Å². The van der Waals surface area contributed by atoms with Crippen LogP contribution in [-0.4, -0.2) is 17.5 Å². The fraction of sp³-hybridized carbons (Fsp3) is 0.111. The Kier molecular flexibility index (Phi) is 4.35. The molecule has 0 aliphatic rings. The number of hydrogen-bond donors (Lipinski definition) is 0. The standard InChI is InChI=1S/C18H14Cl2N2O2/c1-21(11-7-4-3-5-8-11)17(23)15-16(20)14-12(19)9-6-10-13(14)22(2)18(15)24/h3-10H,1-2H3. The van der Waals surface area contributed by atoms with Crippen molar-refractivity contribution >= 4 is 45.7 Å². The minimum Gasteiger partial charge on any atom is -0.311 e. The summed E-state index contributed by atoms with van der Waals surface area (Å²) in [5.74, 6) is -0.478. The molecule has 0 saturated carbocycles. The number of rotatable bonds is 2. The Morgan fingerprint density at radius 2 is 1.71 bits per heavy atom. The molecule has 0 aliphatic carbocycles. The number of aromatic nitrogens is 1. The summed E-state index contributed by atoms with van der Waals surface area (Å²) in [6, 6.07) is 14.2. The summed E-state index contributed by atoms with van der Waals surface area (Å²) >= 11 is 12.6. The van der Waals surface area contributed by atoms with Crippen LogP contribution < -0.4 is 10.5 Å². The van der Waals surface area contributed by atoms with E-state index in [1.54, 1.807) is 44.4 Å². The van der Waals surface area contributed by atoms with E-state index in [-0.39, 0.29) is 10.6 Å². The van der Waals surface area contributed by atoms with Crippen LogP contribution in [0.25, 0.3) is 10.9 Å². The quantitative estimate of drug-likeness (QED) is 0.689. The van der Waals surface area contributed by atoms with Gasteiger partial charge in [-0.3, -0.25) is 9.59 Å². The van der Waals surface area contributed by atoms with Gasteiger partial charge in [-0.15, -0.1) is 0 Å². The molecule has 1 amide bonds. The van der Waals surface area contributed by atoms with Gasteiger partial charge in [-0.2, -0.15) is 0 Å². The first-order valence-corrected chi connectivity index (χ1v) is 7.99. The van der Waals surface area contributed by atoms with Crippen LogP contribution >= 0.6 is 23.2 Å². The molecule has 3 rings (SSSR count). The van der Waals surface area contributed by atoms with Gasteiger partial charge in [0.25, 0.3) is 11.5 Å². The monoisotopic (exact) mass is 360 g/mol. The van der Waals surface area contributed by atoms with Crippen LogP contribution in [0.2, 0.25) is 10.0 Å². The van der Waals surface area contributed by atoms with E-state index in [2.05, 4.69) is 0 Å². The molecule has 3 aromatic rings. The zero-order chi connectivity index (χ0) is 17.4. The molecule has 0 spiro atoms. The number of hydrogen-bond acceptors (Lipinski definition) is 2. The Morgan fingerprint density at radius 1 is 1.04 bits per heavy atom. The molecule has 0 N–H and O–H groups in total. The van der Waals surface area contributed by atoms with E-state index in [0.29, 0.717) is 21.6 Å². The van der Waals surface area contributed by atoms with E-state index >= 15 is 0 Å². The van der Waals surface area contributed by atoms with Crippen molar-refractivity contribution in [3.05, 3.63) is 74.5 Å². The number of pyridine rings is 1. The van der Waals surface area contributed by atoms with Gasteiger partial charge in [0.15, 0.2) is 0 Å². The lowest BCUT2D eigenvalue weighted by Gasteiger charge is -2.19. The van der Waals surface area contributed by atoms with E-state index in [9.17, 15) is 9.59 Å². The number of fused-ring (bicyclic) bond motifs is 1. The molecule has 1 heterocycles. The summed E-state index contributed by atoms with van der Waals surface area (Å²) in [6.07, 6.45) is 0. The fourth-order valence-electron chi connectivity index (χ4n) is 2.63. The van der Waals surface area contributed by atoms with Crippen molar-refractivity contribution in [1.82, 2.24) is 4.57 Å². The lowest BCUT2D eigenvalue weighted by molar-refractivity contribution is 0.0991. The summed E-state index contributed by atoms with van der Waals surface area (Å²) in [4.78, 5) is 27.0. The van der Waals surface area contributed by atoms with Gasteiger partial charge in [0, 0.05) is 25.2 Å². The van der Waals surface area contributed by atoms with Crippen molar-refractivity contribution in [2.24, 2.45) is 7.05 Å². The lowest BCUT2D eigenvalue weighted by atomic mass is 10.1. The largest absolute Gasteiger partial charge is 0.311 e. The molecule has 0 aliphatic heterocycles. The Balaban J connectivity index is 2.25. The number of para-hydroxylation sites is 1. The van der Waals surface area contributed by atoms with Crippen molar-refractivity contribution in [1.29, 1.82) is 0 Å². The highest BCUT2D eigenvalue weighted by Gasteiger charge is 2.24. The van der Waals surface area contributed by atoms with Crippen molar-refractivity contribution < 1.29 is 4.79 Å². The first kappa shape index (κ1) is 16.6. The molecule has 0 saturated heterocycles. The first-order chi connectivity index (χ1) is 11.4. The number of anilines is 1. The molecule has 122 valence electrons. The van der Waals surface area contributed by atoms with E-state index in [1.165, 1.54) is 9.47 Å². The van der Waals surface area contributed by atoms with E-state index in [1.807, 2.05) is 18.2 Å². The summed E-state index contributed by atoms with van der Waals surface area (Å²) < 4.78 is 1.39. The highest BCUT2D eigenvalue weighted by molar-refractivity contribution is 6.44. The molecule has 2 aromatic carbocycles. The molecule has 0 fully saturated rings. The molecule has 1 aromatic heterocycles. The van der Waals surface area contributed by atoms with Gasteiger partial charge < -0.3 is 9.47 Å². The number of aryl methyl sites for hydroxylation is 1. The summed E-state index contributed by atoms with van der Waals surface area (Å²) in [7, 11) is 3.20. The van der Waals surface area contributed by atoms with Gasteiger partial charge in [0.2, 0.25) is 0 Å². The van der Waals surface area contributed by atoms with Crippen LogP contribution in [0.4, 0.5) is 5.69 Å². The second-order valence-electron chi connectivity index (χ2n) is 5.39. The molecule has 6 heteroatoms. The predicted molar refractivity (Wildman–Crippen MR) is 98.4 cm³/mol. The maximum Gasteiger partial charge on any atom is 0.265 e. The second-order valence-corrected chi connectivity index (χ2v) is 6.17. The zero-order valence-electron chi connectivity index (χ0n) is 13.1. The van der Waals surface area contributed by atoms with Crippen LogP contribution in [0.3, 0.4) is 0 Å². The van der Waals surface area contributed by atoms with Gasteiger partial charge in [-0.25, -0.2) is 0 Å². The number of nitrogens with zero attached hydrogens (tertiary/aromatic N) is 2. The lowest BCUT2D eigenvalue weighted by Crippen LogP contribution is -2.34. The van der Waals surface area contributed by atoms with E-state index in [0.717, 1.165) is 0 Å². The summed E-state index contributed by atoms with van der Waals surface area (Å²) in [5, 5.41) is 0.962. The average molecular weight is 361 g/mol. The van der Waals surface area contributed by atoms with Crippen LogP contribution in [-0.2, 0) is 7.05 Å². The van der Waals surface area contributed by atoms with Gasteiger partial charge in [-0.05, 0) is 24.3 Å². The van der Waals surface area contributed by atoms with Crippen LogP contribution in [0.1, 0.15) is 10.4 Å². The van der Waals surface area contributed by atoms with Crippen molar-refractivity contribution in [3.8, 4) is 0 Å². The molecule has 24 heavy (non-hydrogen) atoms. The predicted octanol–water partition coefficient (Wildman–Crippen LogP) is 4.12. The van der Waals surface area contributed by atoms with Gasteiger partial charge in [-0.1, -0.05) is 47.5 Å². The number of halogens is 2. The highest BCUT2D eigenvalue weighted by atomic mass is 35.5. The van der Waals surface area contributed by atoms with Crippen LogP contribution in [0, 0.1) is 0 Å². The van der Waals surface area contributed by atoms with Crippen molar-refractivity contribution in [3.63, 3.8) is 0 Å². The maximum absolute atomic E-state index is 12.9. The molecular formula is C18H14Cl2N2O2. The second kappa shape index (κ2) is 6.30. The molecule has 4 nitrogen and oxygen atoms in total. The number of amides is 1. The normalized spacial score (nSPS) is 10.8. The molecule has 0 atom stereocenters. The fourth-order valence-corrected chi connectivity index (χ4v) is 3.30. The molecule has 0 bridgehead atoms. The minimum atomic E-state index is -0.478. The topological polar surface area (TPSA) is 42.3 Å². The first-order valence-electron chi connectivity index (χ1n) is 7.23. The van der Waals surface area contributed by atoms with Crippen molar-refractivity contribution in [2.75, 3.05) is 11.9 Å². The SMILES string of the molecule is CN(C(=O)c1c(Cl)c2c(Cl)cccc2n(C)c1=O)c1ccccc1. The van der Waals surface area contributed by atoms with Gasteiger partial charge in [0.05, 0.1) is 15.6 Å². The van der Waals surface area contributed by atoms with Crippen molar-refractivity contribution in [2.45, 2.75) is 0 Å². The Bertz CT molecular complexity index is 997. The van der Waals surface area contributed by atoms with E-state index in [4.69, 9.17) is 23.2 Å². The average Bonchev–Trinajstić information content (AvgIpc) is 2.59. The zero-order valence-corrected chi connectivity index (χ0v) is 14.6. The minimum absolute atomic E-state index is 0.0754. The number of benzene rings is 2. The van der Waals surface area contributed by atoms with Crippen LogP contribution in [0.5, 0.6) is 0 Å². The van der Waals surface area contributed by atoms with Gasteiger partial charge in [0.1, 0.15) is 5.56 Å². The number of carbonyl (C=O) groups excluding carboxylic acids is 1. The molecular weight excluding hydrogens is 347 g/mol. The third kappa shape index (κ3) is 2.58. The summed E-state index contributed by atoms with van der Waals surface area (Å²) in [6.45, 7) is 0. The number of carbonyl (C=O) groups is 1.